The van der Waals surface area contributed by atoms with E-state index in [0.29, 0.717) is 18.7 Å². The summed E-state index contributed by atoms with van der Waals surface area (Å²) in [6, 6.07) is 2.93. The van der Waals surface area contributed by atoms with Crippen LogP contribution in [0.25, 0.3) is 0 Å². The highest BCUT2D eigenvalue weighted by Crippen LogP contribution is 2.20. The van der Waals surface area contributed by atoms with E-state index in [-0.39, 0.29) is 18.5 Å². The van der Waals surface area contributed by atoms with E-state index in [0.717, 1.165) is 12.8 Å². The van der Waals surface area contributed by atoms with Crippen molar-refractivity contribution in [2.75, 3.05) is 19.7 Å². The monoisotopic (exact) mass is 303 g/mol. The van der Waals surface area contributed by atoms with Gasteiger partial charge in [0.2, 0.25) is 5.88 Å². The van der Waals surface area contributed by atoms with Crippen molar-refractivity contribution in [3.63, 3.8) is 0 Å². The van der Waals surface area contributed by atoms with Crippen LogP contribution >= 0.6 is 0 Å². The number of urea groups is 1. The van der Waals surface area contributed by atoms with Gasteiger partial charge >= 0.3 is 12.2 Å². The Hall–Kier alpha value is -1.99. The van der Waals surface area contributed by atoms with E-state index in [9.17, 15) is 18.0 Å². The summed E-state index contributed by atoms with van der Waals surface area (Å²) in [4.78, 5) is 17.3. The lowest BCUT2D eigenvalue weighted by Gasteiger charge is -2.17. The van der Waals surface area contributed by atoms with Crippen molar-refractivity contribution < 1.29 is 22.7 Å². The summed E-state index contributed by atoms with van der Waals surface area (Å²) in [5.74, 6) is -0.114. The lowest BCUT2D eigenvalue weighted by atomic mass is 10.2. The van der Waals surface area contributed by atoms with Gasteiger partial charge in [0, 0.05) is 31.4 Å². The molecule has 0 saturated carbocycles. The zero-order valence-electron chi connectivity index (χ0n) is 11.3. The number of carbonyl (C=O) groups is 1. The summed E-state index contributed by atoms with van der Waals surface area (Å²) in [5.41, 5.74) is 0.411. The van der Waals surface area contributed by atoms with E-state index in [4.69, 9.17) is 0 Å². The van der Waals surface area contributed by atoms with Crippen molar-refractivity contribution in [3.8, 4) is 5.88 Å². The molecule has 116 valence electrons. The Morgan fingerprint density at radius 1 is 1.38 bits per heavy atom. The van der Waals surface area contributed by atoms with Gasteiger partial charge in [0.1, 0.15) is 0 Å². The van der Waals surface area contributed by atoms with Gasteiger partial charge in [0.05, 0.1) is 0 Å². The van der Waals surface area contributed by atoms with Crippen LogP contribution in [0.1, 0.15) is 18.4 Å². The number of hydrogen-bond acceptors (Lipinski definition) is 3. The number of alkyl halides is 3. The van der Waals surface area contributed by atoms with E-state index in [1.54, 1.807) is 17.0 Å². The third kappa shape index (κ3) is 4.80. The van der Waals surface area contributed by atoms with Crippen LogP contribution in [0, 0.1) is 0 Å². The number of amides is 2. The molecule has 1 fully saturated rings. The topological polar surface area (TPSA) is 54.5 Å². The zero-order chi connectivity index (χ0) is 15.3. The first-order valence-electron chi connectivity index (χ1n) is 6.62. The SMILES string of the molecule is O=C(NCc1cccnc1OCC(F)(F)F)N1CCCC1. The van der Waals surface area contributed by atoms with Crippen molar-refractivity contribution in [2.45, 2.75) is 25.6 Å². The fraction of sp³-hybridized carbons (Fsp3) is 0.538. The van der Waals surface area contributed by atoms with Crippen LogP contribution in [0.3, 0.4) is 0 Å². The van der Waals surface area contributed by atoms with Gasteiger partial charge < -0.3 is 15.0 Å². The van der Waals surface area contributed by atoms with Gasteiger partial charge in [-0.25, -0.2) is 9.78 Å². The number of halogens is 3. The smallest absolute Gasteiger partial charge is 0.422 e. The molecule has 0 spiro atoms. The quantitative estimate of drug-likeness (QED) is 0.929. The fourth-order valence-electron chi connectivity index (χ4n) is 2.04. The number of nitrogens with zero attached hydrogens (tertiary/aromatic N) is 2. The van der Waals surface area contributed by atoms with Crippen molar-refractivity contribution in [3.05, 3.63) is 23.9 Å². The first-order valence-corrected chi connectivity index (χ1v) is 6.62. The molecular formula is C13H16F3N3O2. The third-order valence-electron chi connectivity index (χ3n) is 3.05. The highest BCUT2D eigenvalue weighted by Gasteiger charge is 2.29. The Bertz CT molecular complexity index is 488. The lowest BCUT2D eigenvalue weighted by molar-refractivity contribution is -0.154. The molecule has 1 saturated heterocycles. The summed E-state index contributed by atoms with van der Waals surface area (Å²) in [6.07, 6.45) is -1.13. The van der Waals surface area contributed by atoms with Crippen molar-refractivity contribution >= 4 is 6.03 Å². The summed E-state index contributed by atoms with van der Waals surface area (Å²) in [7, 11) is 0. The molecule has 1 N–H and O–H groups in total. The molecule has 0 bridgehead atoms. The van der Waals surface area contributed by atoms with Crippen LogP contribution in [0.5, 0.6) is 5.88 Å². The molecule has 21 heavy (non-hydrogen) atoms. The molecule has 1 aromatic heterocycles. The summed E-state index contributed by atoms with van der Waals surface area (Å²) >= 11 is 0. The van der Waals surface area contributed by atoms with Gasteiger partial charge in [-0.3, -0.25) is 0 Å². The van der Waals surface area contributed by atoms with Gasteiger partial charge in [0.15, 0.2) is 6.61 Å². The molecule has 0 atom stereocenters. The summed E-state index contributed by atoms with van der Waals surface area (Å²) < 4.78 is 41.1. The van der Waals surface area contributed by atoms with Crippen molar-refractivity contribution in [1.82, 2.24) is 15.2 Å². The minimum absolute atomic E-state index is 0.0797. The molecule has 2 heterocycles. The average molecular weight is 303 g/mol. The first kappa shape index (κ1) is 15.4. The molecule has 0 radical (unpaired) electrons. The molecule has 0 aliphatic carbocycles. The zero-order valence-corrected chi connectivity index (χ0v) is 11.3. The molecule has 8 heteroatoms. The number of aromatic nitrogens is 1. The number of rotatable bonds is 4. The maximum Gasteiger partial charge on any atom is 0.422 e. The highest BCUT2D eigenvalue weighted by atomic mass is 19.4. The number of likely N-dealkylation sites (tertiary alicyclic amines) is 1. The van der Waals surface area contributed by atoms with Gasteiger partial charge in [-0.05, 0) is 18.9 Å². The van der Waals surface area contributed by atoms with E-state index in [2.05, 4.69) is 15.0 Å². The van der Waals surface area contributed by atoms with Crippen LogP contribution in [-0.4, -0.2) is 41.8 Å². The Labute approximate surface area is 120 Å². The van der Waals surface area contributed by atoms with Crippen molar-refractivity contribution in [2.24, 2.45) is 0 Å². The van der Waals surface area contributed by atoms with Gasteiger partial charge in [0.25, 0.3) is 0 Å². The number of ether oxygens (including phenoxy) is 1. The lowest BCUT2D eigenvalue weighted by Crippen LogP contribution is -2.37. The Morgan fingerprint density at radius 3 is 2.76 bits per heavy atom. The highest BCUT2D eigenvalue weighted by molar-refractivity contribution is 5.74. The second-order valence-electron chi connectivity index (χ2n) is 4.72. The minimum Gasteiger partial charge on any atom is -0.468 e. The standard InChI is InChI=1S/C13H16F3N3O2/c14-13(15,16)9-21-11-10(4-3-5-17-11)8-18-12(20)19-6-1-2-7-19/h3-5H,1-2,6-9H2,(H,18,20). The molecule has 2 rings (SSSR count). The molecule has 0 aromatic carbocycles. The minimum atomic E-state index is -4.42. The van der Waals surface area contributed by atoms with E-state index in [1.807, 2.05) is 0 Å². The van der Waals surface area contributed by atoms with E-state index >= 15 is 0 Å². The Balaban J connectivity index is 1.91. The third-order valence-corrected chi connectivity index (χ3v) is 3.05. The van der Waals surface area contributed by atoms with Gasteiger partial charge in [-0.15, -0.1) is 0 Å². The summed E-state index contributed by atoms with van der Waals surface area (Å²) in [5, 5.41) is 2.66. The Kier molecular flexibility index (Phi) is 4.87. The van der Waals surface area contributed by atoms with Crippen LogP contribution in [0.4, 0.5) is 18.0 Å². The average Bonchev–Trinajstić information content (AvgIpc) is 2.96. The second-order valence-corrected chi connectivity index (χ2v) is 4.72. The normalized spacial score (nSPS) is 15.1. The fourth-order valence-corrected chi connectivity index (χ4v) is 2.04. The first-order chi connectivity index (χ1) is 9.96. The Morgan fingerprint density at radius 2 is 2.10 bits per heavy atom. The molecule has 0 unspecified atom stereocenters. The van der Waals surface area contributed by atoms with Crippen molar-refractivity contribution in [1.29, 1.82) is 0 Å². The summed E-state index contributed by atoms with van der Waals surface area (Å²) in [6.45, 7) is 0.0834. The predicted octanol–water partition coefficient (Wildman–Crippen LogP) is 2.33. The van der Waals surface area contributed by atoms with Crippen LogP contribution < -0.4 is 10.1 Å². The predicted molar refractivity (Wildman–Crippen MR) is 68.8 cm³/mol. The van der Waals surface area contributed by atoms with Crippen LogP contribution in [-0.2, 0) is 6.54 Å². The number of hydrogen-bond donors (Lipinski definition) is 1. The van der Waals surface area contributed by atoms with Gasteiger partial charge in [-0.1, -0.05) is 6.07 Å². The second kappa shape index (κ2) is 6.64. The van der Waals surface area contributed by atoms with E-state index < -0.39 is 12.8 Å². The van der Waals surface area contributed by atoms with E-state index in [1.165, 1.54) is 6.20 Å². The molecule has 5 nitrogen and oxygen atoms in total. The molecule has 1 aliphatic heterocycles. The van der Waals surface area contributed by atoms with Gasteiger partial charge in [-0.2, -0.15) is 13.2 Å². The van der Waals surface area contributed by atoms with Crippen LogP contribution in [0.15, 0.2) is 18.3 Å². The molecule has 1 aliphatic rings. The largest absolute Gasteiger partial charge is 0.468 e. The van der Waals surface area contributed by atoms with Crippen LogP contribution in [0.2, 0.25) is 0 Å². The maximum absolute atomic E-state index is 12.2. The molecule has 2 amide bonds. The molecule has 1 aromatic rings. The number of carbonyl (C=O) groups excluding carboxylic acids is 1. The number of nitrogens with one attached hydrogen (secondary N) is 1. The molecular weight excluding hydrogens is 287 g/mol. The maximum atomic E-state index is 12.2. The number of pyridine rings is 1.